The first-order chi connectivity index (χ1) is 8.24. The van der Waals surface area contributed by atoms with Crippen LogP contribution in [0.1, 0.15) is 11.1 Å². The van der Waals surface area contributed by atoms with E-state index in [0.717, 1.165) is 11.1 Å². The number of carbonyl (C=O) groups is 1. The molecule has 3 heteroatoms. The van der Waals surface area contributed by atoms with Crippen molar-refractivity contribution in [2.75, 3.05) is 0 Å². The highest BCUT2D eigenvalue weighted by Gasteiger charge is 2.05. The number of benzene rings is 1. The second kappa shape index (κ2) is 5.60. The number of hydrogen-bond acceptors (Lipinski definition) is 2. The van der Waals surface area contributed by atoms with Crippen LogP contribution in [-0.2, 0) is 17.6 Å². The molecule has 2 nitrogen and oxygen atoms in total. The van der Waals surface area contributed by atoms with Crippen molar-refractivity contribution in [3.05, 3.63) is 64.9 Å². The summed E-state index contributed by atoms with van der Waals surface area (Å²) >= 11 is 5.79. The summed E-state index contributed by atoms with van der Waals surface area (Å²) in [5.41, 5.74) is 1.99. The van der Waals surface area contributed by atoms with E-state index in [0.29, 0.717) is 17.9 Å². The predicted octanol–water partition coefficient (Wildman–Crippen LogP) is 3.09. The molecule has 0 aliphatic rings. The van der Waals surface area contributed by atoms with Gasteiger partial charge in [0.25, 0.3) is 0 Å². The monoisotopic (exact) mass is 245 g/mol. The van der Waals surface area contributed by atoms with Crippen molar-refractivity contribution in [2.24, 2.45) is 0 Å². The van der Waals surface area contributed by atoms with E-state index in [1.54, 1.807) is 24.5 Å². The van der Waals surface area contributed by atoms with Gasteiger partial charge in [-0.25, -0.2) is 0 Å². The van der Waals surface area contributed by atoms with Gasteiger partial charge in [-0.3, -0.25) is 9.78 Å². The van der Waals surface area contributed by atoms with Crippen LogP contribution >= 0.6 is 11.6 Å². The highest BCUT2D eigenvalue weighted by Crippen LogP contribution is 2.11. The van der Waals surface area contributed by atoms with Gasteiger partial charge in [-0.2, -0.15) is 0 Å². The summed E-state index contributed by atoms with van der Waals surface area (Å²) in [4.78, 5) is 15.7. The fourth-order valence-electron chi connectivity index (χ4n) is 1.62. The van der Waals surface area contributed by atoms with Crippen LogP contribution in [0.3, 0.4) is 0 Å². The first-order valence-corrected chi connectivity index (χ1v) is 5.77. The van der Waals surface area contributed by atoms with Gasteiger partial charge >= 0.3 is 0 Å². The number of ketones is 1. The first kappa shape index (κ1) is 11.8. The lowest BCUT2D eigenvalue weighted by molar-refractivity contribution is -0.117. The molecule has 0 aliphatic heterocycles. The van der Waals surface area contributed by atoms with Gasteiger partial charge < -0.3 is 0 Å². The van der Waals surface area contributed by atoms with Crippen molar-refractivity contribution in [2.45, 2.75) is 12.8 Å². The molecule has 0 saturated heterocycles. The van der Waals surface area contributed by atoms with Crippen molar-refractivity contribution in [1.82, 2.24) is 4.98 Å². The average Bonchev–Trinajstić information content (AvgIpc) is 2.33. The fourth-order valence-corrected chi connectivity index (χ4v) is 1.75. The van der Waals surface area contributed by atoms with Gasteiger partial charge in [0.1, 0.15) is 5.78 Å². The van der Waals surface area contributed by atoms with Crippen LogP contribution in [0.2, 0.25) is 5.02 Å². The van der Waals surface area contributed by atoms with E-state index in [2.05, 4.69) is 4.98 Å². The lowest BCUT2D eigenvalue weighted by Crippen LogP contribution is -2.06. The third-order valence-electron chi connectivity index (χ3n) is 2.47. The Morgan fingerprint density at radius 2 is 1.47 bits per heavy atom. The van der Waals surface area contributed by atoms with E-state index in [1.807, 2.05) is 24.3 Å². The lowest BCUT2D eigenvalue weighted by Gasteiger charge is -2.01. The molecule has 1 aromatic carbocycles. The van der Waals surface area contributed by atoms with Crippen LogP contribution in [-0.4, -0.2) is 10.8 Å². The highest BCUT2D eigenvalue weighted by molar-refractivity contribution is 6.30. The number of aromatic nitrogens is 1. The molecule has 17 heavy (non-hydrogen) atoms. The van der Waals surface area contributed by atoms with Crippen molar-refractivity contribution in [3.8, 4) is 0 Å². The Morgan fingerprint density at radius 3 is 2.06 bits per heavy atom. The van der Waals surface area contributed by atoms with E-state index in [1.165, 1.54) is 0 Å². The van der Waals surface area contributed by atoms with Gasteiger partial charge in [0.2, 0.25) is 0 Å². The number of Topliss-reactive ketones (excluding diaryl/α,β-unsaturated/α-hetero) is 1. The number of pyridine rings is 1. The molecule has 86 valence electrons. The summed E-state index contributed by atoms with van der Waals surface area (Å²) in [7, 11) is 0. The summed E-state index contributed by atoms with van der Waals surface area (Å²) in [5.74, 6) is 0.193. The maximum Gasteiger partial charge on any atom is 0.141 e. The molecule has 0 saturated carbocycles. The number of nitrogens with zero attached hydrogens (tertiary/aromatic N) is 1. The smallest absolute Gasteiger partial charge is 0.141 e. The average molecular weight is 246 g/mol. The van der Waals surface area contributed by atoms with Crippen LogP contribution in [0.5, 0.6) is 0 Å². The highest BCUT2D eigenvalue weighted by atomic mass is 35.5. The number of hydrogen-bond donors (Lipinski definition) is 0. The minimum atomic E-state index is 0.193. The Balaban J connectivity index is 1.96. The molecular formula is C14H12ClNO. The van der Waals surface area contributed by atoms with Gasteiger partial charge in [0, 0.05) is 30.3 Å². The number of halogens is 1. The van der Waals surface area contributed by atoms with Crippen LogP contribution in [0.25, 0.3) is 0 Å². The Morgan fingerprint density at radius 1 is 0.941 bits per heavy atom. The van der Waals surface area contributed by atoms with E-state index >= 15 is 0 Å². The zero-order valence-electron chi connectivity index (χ0n) is 9.27. The quantitative estimate of drug-likeness (QED) is 0.829. The molecule has 0 amide bonds. The molecule has 0 N–H and O–H groups in total. The van der Waals surface area contributed by atoms with Gasteiger partial charge in [-0.1, -0.05) is 23.7 Å². The zero-order chi connectivity index (χ0) is 12.1. The molecule has 0 aliphatic carbocycles. The normalized spacial score (nSPS) is 10.2. The molecule has 0 radical (unpaired) electrons. The van der Waals surface area contributed by atoms with Crippen molar-refractivity contribution in [1.29, 1.82) is 0 Å². The molecule has 2 aromatic rings. The van der Waals surface area contributed by atoms with E-state index < -0.39 is 0 Å². The maximum absolute atomic E-state index is 11.8. The molecule has 0 atom stereocenters. The third-order valence-corrected chi connectivity index (χ3v) is 2.72. The van der Waals surface area contributed by atoms with Crippen molar-refractivity contribution in [3.63, 3.8) is 0 Å². The SMILES string of the molecule is O=C(Cc1ccncc1)Cc1ccc(Cl)cc1. The molecule has 1 aromatic heterocycles. The molecule has 0 spiro atoms. The van der Waals surface area contributed by atoms with Crippen LogP contribution in [0.4, 0.5) is 0 Å². The Labute approximate surface area is 105 Å². The minimum absolute atomic E-state index is 0.193. The minimum Gasteiger partial charge on any atom is -0.299 e. The second-order valence-corrected chi connectivity index (χ2v) is 4.31. The Bertz CT molecular complexity index is 493. The standard InChI is InChI=1S/C14H12ClNO/c15-13-3-1-11(2-4-13)9-14(17)10-12-5-7-16-8-6-12/h1-8H,9-10H2. The fraction of sp³-hybridized carbons (Fsp3) is 0.143. The van der Waals surface area contributed by atoms with Crippen LogP contribution in [0, 0.1) is 0 Å². The van der Waals surface area contributed by atoms with Crippen molar-refractivity contribution >= 4 is 17.4 Å². The largest absolute Gasteiger partial charge is 0.299 e. The number of carbonyl (C=O) groups excluding carboxylic acids is 1. The van der Waals surface area contributed by atoms with Crippen molar-refractivity contribution < 1.29 is 4.79 Å². The first-order valence-electron chi connectivity index (χ1n) is 5.39. The summed E-state index contributed by atoms with van der Waals surface area (Å²) in [6.07, 6.45) is 4.29. The van der Waals surface area contributed by atoms with Gasteiger partial charge in [0.15, 0.2) is 0 Å². The molecule has 0 bridgehead atoms. The molecule has 1 heterocycles. The lowest BCUT2D eigenvalue weighted by atomic mass is 10.0. The topological polar surface area (TPSA) is 30.0 Å². The predicted molar refractivity (Wildman–Crippen MR) is 68.1 cm³/mol. The van der Waals surface area contributed by atoms with Gasteiger partial charge in [-0.15, -0.1) is 0 Å². The summed E-state index contributed by atoms with van der Waals surface area (Å²) in [5, 5.41) is 0.690. The van der Waals surface area contributed by atoms with E-state index in [4.69, 9.17) is 11.6 Å². The van der Waals surface area contributed by atoms with Crippen LogP contribution in [0.15, 0.2) is 48.8 Å². The Kier molecular flexibility index (Phi) is 3.89. The summed E-state index contributed by atoms with van der Waals surface area (Å²) < 4.78 is 0. The molecule has 0 fully saturated rings. The number of rotatable bonds is 4. The molecular weight excluding hydrogens is 234 g/mol. The van der Waals surface area contributed by atoms with Gasteiger partial charge in [-0.05, 0) is 35.4 Å². The zero-order valence-corrected chi connectivity index (χ0v) is 10.0. The second-order valence-electron chi connectivity index (χ2n) is 3.87. The van der Waals surface area contributed by atoms with E-state index in [9.17, 15) is 4.79 Å². The molecule has 2 rings (SSSR count). The van der Waals surface area contributed by atoms with E-state index in [-0.39, 0.29) is 5.78 Å². The summed E-state index contributed by atoms with van der Waals surface area (Å²) in [6.45, 7) is 0. The van der Waals surface area contributed by atoms with Crippen LogP contribution < -0.4 is 0 Å². The Hall–Kier alpha value is -1.67. The maximum atomic E-state index is 11.8. The third kappa shape index (κ3) is 3.68. The molecule has 0 unspecified atom stereocenters. The van der Waals surface area contributed by atoms with Gasteiger partial charge in [0.05, 0.1) is 0 Å². The summed E-state index contributed by atoms with van der Waals surface area (Å²) in [6, 6.07) is 11.1.